The van der Waals surface area contributed by atoms with Gasteiger partial charge < -0.3 is 52.1 Å². The fourth-order valence-corrected chi connectivity index (χ4v) is 5.13. The van der Waals surface area contributed by atoms with Gasteiger partial charge >= 0.3 is 5.97 Å². The normalized spacial score (nSPS) is 18.8. The lowest BCUT2D eigenvalue weighted by Crippen LogP contribution is -2.56. The number of nitrogens with zero attached hydrogens (tertiary/aromatic N) is 2. The van der Waals surface area contributed by atoms with Crippen molar-refractivity contribution in [3.05, 3.63) is 47.5 Å². The number of nitrogens with two attached hydrogens (primary N) is 1. The van der Waals surface area contributed by atoms with E-state index in [1.807, 2.05) is 0 Å². The Balaban J connectivity index is 1.92. The maximum absolute atomic E-state index is 13.7. The summed E-state index contributed by atoms with van der Waals surface area (Å²) in [4.78, 5) is 91.3. The van der Waals surface area contributed by atoms with E-state index in [4.69, 9.17) is 5.73 Å². The zero-order chi connectivity index (χ0) is 36.7. The van der Waals surface area contributed by atoms with E-state index in [0.29, 0.717) is 5.56 Å². The van der Waals surface area contributed by atoms with Gasteiger partial charge in [-0.25, -0.2) is 4.79 Å². The van der Waals surface area contributed by atoms with Crippen molar-refractivity contribution < 1.29 is 48.9 Å². The molecule has 0 radical (unpaired) electrons. The molecule has 9 N–H and O–H groups in total. The van der Waals surface area contributed by atoms with Crippen LogP contribution >= 0.6 is 0 Å². The molecule has 17 nitrogen and oxygen atoms in total. The van der Waals surface area contributed by atoms with Gasteiger partial charge in [-0.2, -0.15) is 0 Å². The number of nitrogens with one attached hydrogen (secondary N) is 4. The van der Waals surface area contributed by atoms with E-state index < -0.39 is 78.2 Å². The van der Waals surface area contributed by atoms with E-state index in [-0.39, 0.29) is 41.2 Å². The van der Waals surface area contributed by atoms with Crippen LogP contribution in [0.3, 0.4) is 0 Å². The summed E-state index contributed by atoms with van der Waals surface area (Å²) in [6.45, 7) is 3.11. The molecule has 17 heteroatoms. The number of carboxylic acid groups (broad SMARTS) is 1. The standard InChI is InChI=1S/C32H41N7O10/c1-15(35-30(46)23(13-33)38(4)17(3)40)28(44)34-14-26(43)39(5)27-19-7-9-25(42)21(12-19)20-10-18(6-8-24(20)41)11-22(32(48)49)37-29(45)16(2)36-31(27)47/h6-10,12,15-16,22-23,27,41-42H,11,13-14,33H2,1-5H3,(H,34,44)(H,35,46)(H,36,47)(H,37,45)(H,48,49)/t15-,16+,22+,23?,27+/m1/s1. The second-order valence-corrected chi connectivity index (χ2v) is 11.7. The van der Waals surface area contributed by atoms with Crippen LogP contribution in [-0.4, -0.2) is 118 Å². The summed E-state index contributed by atoms with van der Waals surface area (Å²) < 4.78 is 0. The maximum atomic E-state index is 13.7. The van der Waals surface area contributed by atoms with Gasteiger partial charge in [-0.1, -0.05) is 12.1 Å². The molecule has 4 bridgehead atoms. The first-order valence-electron chi connectivity index (χ1n) is 15.2. The zero-order valence-electron chi connectivity index (χ0n) is 27.6. The van der Waals surface area contributed by atoms with E-state index >= 15 is 0 Å². The minimum Gasteiger partial charge on any atom is -0.507 e. The topological polar surface area (TPSA) is 261 Å². The molecule has 2 aromatic rings. The summed E-state index contributed by atoms with van der Waals surface area (Å²) in [5, 5.41) is 40.9. The quantitative estimate of drug-likeness (QED) is 0.148. The number of hydrogen-bond acceptors (Lipinski definition) is 10. The Bertz CT molecular complexity index is 1650. The van der Waals surface area contributed by atoms with Gasteiger partial charge in [-0.3, -0.25) is 28.8 Å². The lowest BCUT2D eigenvalue weighted by atomic mass is 9.94. The molecule has 5 atom stereocenters. The predicted molar refractivity (Wildman–Crippen MR) is 173 cm³/mol. The number of hydrogen-bond donors (Lipinski definition) is 8. The minimum absolute atomic E-state index is 0.0700. The summed E-state index contributed by atoms with van der Waals surface area (Å²) in [7, 11) is 2.66. The lowest BCUT2D eigenvalue weighted by molar-refractivity contribution is -0.143. The van der Waals surface area contributed by atoms with Gasteiger partial charge in [-0.05, 0) is 49.2 Å². The molecule has 0 aromatic heterocycles. The Kier molecular flexibility index (Phi) is 12.3. The Morgan fingerprint density at radius 1 is 0.959 bits per heavy atom. The molecule has 1 aliphatic rings. The van der Waals surface area contributed by atoms with Crippen molar-refractivity contribution in [3.8, 4) is 22.6 Å². The highest BCUT2D eigenvalue weighted by Gasteiger charge is 2.34. The van der Waals surface area contributed by atoms with E-state index in [1.165, 1.54) is 71.3 Å². The van der Waals surface area contributed by atoms with E-state index in [0.717, 1.165) is 9.80 Å². The maximum Gasteiger partial charge on any atom is 0.326 e. The number of benzene rings is 2. The number of phenolic OH excluding ortho intramolecular Hbond substituents is 2. The van der Waals surface area contributed by atoms with Crippen molar-refractivity contribution in [2.24, 2.45) is 5.73 Å². The molecule has 0 saturated heterocycles. The molecule has 2 aromatic carbocycles. The van der Waals surface area contributed by atoms with Crippen molar-refractivity contribution in [3.63, 3.8) is 0 Å². The van der Waals surface area contributed by atoms with Crippen LogP contribution in [0.25, 0.3) is 11.1 Å². The Morgan fingerprint density at radius 2 is 1.57 bits per heavy atom. The number of aromatic hydroxyl groups is 2. The highest BCUT2D eigenvalue weighted by Crippen LogP contribution is 2.38. The molecule has 1 aliphatic heterocycles. The van der Waals surface area contributed by atoms with Crippen molar-refractivity contribution in [1.29, 1.82) is 0 Å². The summed E-state index contributed by atoms with van der Waals surface area (Å²) in [5.74, 6) is -6.20. The number of carbonyl (C=O) groups is 7. The number of rotatable bonds is 9. The molecule has 6 amide bonds. The smallest absolute Gasteiger partial charge is 0.326 e. The van der Waals surface area contributed by atoms with Crippen LogP contribution in [0.2, 0.25) is 0 Å². The van der Waals surface area contributed by atoms with Crippen molar-refractivity contribution in [2.75, 3.05) is 27.2 Å². The first-order chi connectivity index (χ1) is 23.0. The minimum atomic E-state index is -1.45. The number of fused-ring (bicyclic) bond motifs is 5. The molecular formula is C32H41N7O10. The number of carbonyl (C=O) groups excluding carboxylic acids is 6. The predicted octanol–water partition coefficient (Wildman–Crippen LogP) is -1.68. The molecule has 0 fully saturated rings. The average molecular weight is 684 g/mol. The molecule has 49 heavy (non-hydrogen) atoms. The van der Waals surface area contributed by atoms with Gasteiger partial charge in [-0.15, -0.1) is 0 Å². The number of amides is 6. The van der Waals surface area contributed by atoms with Gasteiger partial charge in [0, 0.05) is 45.1 Å². The van der Waals surface area contributed by atoms with E-state index in [1.54, 1.807) is 0 Å². The lowest BCUT2D eigenvalue weighted by Gasteiger charge is -2.30. The fourth-order valence-electron chi connectivity index (χ4n) is 5.13. The van der Waals surface area contributed by atoms with E-state index in [2.05, 4.69) is 21.3 Å². The zero-order valence-corrected chi connectivity index (χ0v) is 27.6. The van der Waals surface area contributed by atoms with Crippen LogP contribution in [0, 0.1) is 0 Å². The third-order valence-electron chi connectivity index (χ3n) is 8.18. The van der Waals surface area contributed by atoms with Crippen molar-refractivity contribution in [1.82, 2.24) is 31.1 Å². The van der Waals surface area contributed by atoms with E-state index in [9.17, 15) is 48.9 Å². The second-order valence-electron chi connectivity index (χ2n) is 11.7. The molecule has 264 valence electrons. The highest BCUT2D eigenvalue weighted by atomic mass is 16.4. The Hall–Kier alpha value is -5.71. The van der Waals surface area contributed by atoms with Crippen LogP contribution in [0.1, 0.15) is 37.9 Å². The summed E-state index contributed by atoms with van der Waals surface area (Å²) in [6.07, 6.45) is -0.174. The Labute approximate surface area is 281 Å². The largest absolute Gasteiger partial charge is 0.507 e. The molecule has 1 unspecified atom stereocenters. The summed E-state index contributed by atoms with van der Waals surface area (Å²) >= 11 is 0. The summed E-state index contributed by atoms with van der Waals surface area (Å²) in [6, 6.07) is 1.92. The van der Waals surface area contributed by atoms with Crippen molar-refractivity contribution in [2.45, 2.75) is 57.4 Å². The second kappa shape index (κ2) is 15.9. The first kappa shape index (κ1) is 37.7. The van der Waals surface area contributed by atoms with Crippen LogP contribution in [0.5, 0.6) is 11.5 Å². The molecule has 0 aliphatic carbocycles. The number of likely N-dealkylation sites (N-methyl/N-ethyl adjacent to an activating group) is 2. The average Bonchev–Trinajstić information content (AvgIpc) is 3.04. The Morgan fingerprint density at radius 3 is 2.16 bits per heavy atom. The number of aliphatic carboxylic acids is 1. The molecule has 0 saturated carbocycles. The number of phenols is 2. The van der Waals surface area contributed by atoms with Crippen LogP contribution in [0.4, 0.5) is 0 Å². The first-order valence-corrected chi connectivity index (χ1v) is 15.2. The van der Waals surface area contributed by atoms with Gasteiger partial charge in [0.15, 0.2) is 0 Å². The van der Waals surface area contributed by atoms with Gasteiger partial charge in [0.1, 0.15) is 41.7 Å². The van der Waals surface area contributed by atoms with Crippen LogP contribution in [0.15, 0.2) is 36.4 Å². The molecule has 3 rings (SSSR count). The van der Waals surface area contributed by atoms with Gasteiger partial charge in [0.25, 0.3) is 0 Å². The molecule has 1 heterocycles. The van der Waals surface area contributed by atoms with Crippen molar-refractivity contribution >= 4 is 41.4 Å². The molecule has 0 spiro atoms. The summed E-state index contributed by atoms with van der Waals surface area (Å²) in [5.41, 5.74) is 6.37. The third kappa shape index (κ3) is 9.01. The highest BCUT2D eigenvalue weighted by molar-refractivity contribution is 5.96. The molecular weight excluding hydrogens is 642 g/mol. The van der Waals surface area contributed by atoms with Gasteiger partial charge in [0.05, 0.1) is 6.54 Å². The van der Waals surface area contributed by atoms with Gasteiger partial charge in [0.2, 0.25) is 35.4 Å². The monoisotopic (exact) mass is 683 g/mol. The SMILES string of the molecule is CC(=O)N(C)C(CN)C(=O)N[C@H](C)C(=O)NCC(=O)N(C)[C@@H]1C(=O)N[C@@H](C)C(=O)N[C@H](C(=O)O)Cc2ccc(O)c(c2)-c2cc1ccc2O. The third-order valence-corrected chi connectivity index (χ3v) is 8.18. The van der Waals surface area contributed by atoms with Crippen LogP contribution in [-0.2, 0) is 40.0 Å². The van der Waals surface area contributed by atoms with Crippen LogP contribution < -0.4 is 27.0 Å². The number of carboxylic acids is 1. The fraction of sp³-hybridized carbons (Fsp3) is 0.406.